The standard InChI is InChI=1S/C21H20Cl2FN5O/c22-17-10-7-15(12-18(17)23)25-21(30)28(16-8-5-14(24)6-9-16)13-19-26-20-4-2-1-3-11-29(20)27-19/h5-10,12H,1-4,11,13H2,(H,25,30). The minimum absolute atomic E-state index is 0.152. The van der Waals surface area contributed by atoms with E-state index in [0.29, 0.717) is 27.2 Å². The molecule has 0 fully saturated rings. The highest BCUT2D eigenvalue weighted by Crippen LogP contribution is 2.26. The lowest BCUT2D eigenvalue weighted by atomic mass is 10.2. The quantitative estimate of drug-likeness (QED) is 0.558. The lowest BCUT2D eigenvalue weighted by Crippen LogP contribution is -2.35. The van der Waals surface area contributed by atoms with Crippen LogP contribution in [0, 0.1) is 5.82 Å². The Morgan fingerprint density at radius 3 is 2.67 bits per heavy atom. The summed E-state index contributed by atoms with van der Waals surface area (Å²) in [6, 6.07) is 10.1. The molecule has 1 aliphatic rings. The number of fused-ring (bicyclic) bond motifs is 1. The number of rotatable bonds is 4. The monoisotopic (exact) mass is 447 g/mol. The van der Waals surface area contributed by atoms with Gasteiger partial charge in [0, 0.05) is 24.3 Å². The van der Waals surface area contributed by atoms with E-state index in [0.717, 1.165) is 38.1 Å². The van der Waals surface area contributed by atoms with Crippen molar-refractivity contribution in [3.05, 3.63) is 70.0 Å². The van der Waals surface area contributed by atoms with E-state index in [-0.39, 0.29) is 12.4 Å². The van der Waals surface area contributed by atoms with Crippen LogP contribution in [0.15, 0.2) is 42.5 Å². The Morgan fingerprint density at radius 1 is 1.10 bits per heavy atom. The third-order valence-corrected chi connectivity index (χ3v) is 5.66. The molecule has 6 nitrogen and oxygen atoms in total. The Balaban J connectivity index is 1.60. The Morgan fingerprint density at radius 2 is 1.90 bits per heavy atom. The number of benzene rings is 2. The third-order valence-electron chi connectivity index (χ3n) is 4.92. The summed E-state index contributed by atoms with van der Waals surface area (Å²) in [5.74, 6) is 1.10. The number of nitrogens with one attached hydrogen (secondary N) is 1. The van der Waals surface area contributed by atoms with Crippen molar-refractivity contribution < 1.29 is 9.18 Å². The van der Waals surface area contributed by atoms with Crippen LogP contribution in [0.1, 0.15) is 30.9 Å². The third kappa shape index (κ3) is 4.74. The van der Waals surface area contributed by atoms with Crippen molar-refractivity contribution >= 4 is 40.6 Å². The molecule has 0 spiro atoms. The smallest absolute Gasteiger partial charge is 0.307 e. The second-order valence-corrected chi connectivity index (χ2v) is 7.91. The van der Waals surface area contributed by atoms with Gasteiger partial charge in [-0.05, 0) is 55.3 Å². The molecule has 1 aliphatic heterocycles. The maximum absolute atomic E-state index is 13.4. The van der Waals surface area contributed by atoms with Crippen LogP contribution in [0.4, 0.5) is 20.6 Å². The van der Waals surface area contributed by atoms with Crippen LogP contribution in [-0.4, -0.2) is 20.8 Å². The van der Waals surface area contributed by atoms with E-state index in [2.05, 4.69) is 15.4 Å². The summed E-state index contributed by atoms with van der Waals surface area (Å²) in [4.78, 5) is 19.2. The predicted octanol–water partition coefficient (Wildman–Crippen LogP) is 5.69. The molecule has 156 valence electrons. The molecule has 0 unspecified atom stereocenters. The zero-order valence-electron chi connectivity index (χ0n) is 16.1. The number of aromatic nitrogens is 3. The summed E-state index contributed by atoms with van der Waals surface area (Å²) in [6.45, 7) is 0.979. The molecule has 30 heavy (non-hydrogen) atoms. The molecule has 0 bridgehead atoms. The summed E-state index contributed by atoms with van der Waals surface area (Å²) < 4.78 is 15.3. The van der Waals surface area contributed by atoms with Gasteiger partial charge in [0.15, 0.2) is 5.82 Å². The number of hydrogen-bond acceptors (Lipinski definition) is 3. The van der Waals surface area contributed by atoms with Gasteiger partial charge in [0.1, 0.15) is 11.6 Å². The molecular weight excluding hydrogens is 428 g/mol. The number of amides is 2. The van der Waals surface area contributed by atoms with Gasteiger partial charge in [-0.2, -0.15) is 5.10 Å². The molecule has 9 heteroatoms. The fourth-order valence-electron chi connectivity index (χ4n) is 3.39. The van der Waals surface area contributed by atoms with Gasteiger partial charge >= 0.3 is 6.03 Å². The summed E-state index contributed by atoms with van der Waals surface area (Å²) >= 11 is 12.0. The Bertz CT molecular complexity index is 1030. The van der Waals surface area contributed by atoms with Gasteiger partial charge in [0.2, 0.25) is 0 Å². The molecule has 3 aromatic rings. The summed E-state index contributed by atoms with van der Waals surface area (Å²) in [6.07, 6.45) is 4.18. The fraction of sp³-hybridized carbons (Fsp3) is 0.286. The van der Waals surface area contributed by atoms with Crippen LogP contribution in [0.2, 0.25) is 10.0 Å². The summed E-state index contributed by atoms with van der Waals surface area (Å²) in [5.41, 5.74) is 1.02. The van der Waals surface area contributed by atoms with Crippen LogP contribution >= 0.6 is 23.2 Å². The van der Waals surface area contributed by atoms with E-state index < -0.39 is 6.03 Å². The van der Waals surface area contributed by atoms with Gasteiger partial charge in [-0.25, -0.2) is 18.9 Å². The number of urea groups is 1. The van der Waals surface area contributed by atoms with E-state index in [9.17, 15) is 9.18 Å². The SMILES string of the molecule is O=C(Nc1ccc(Cl)c(Cl)c1)N(Cc1nc2n(n1)CCCCC2)c1ccc(F)cc1. The Kier molecular flexibility index (Phi) is 6.20. The molecule has 0 aliphatic carbocycles. The van der Waals surface area contributed by atoms with Crippen LogP contribution < -0.4 is 10.2 Å². The molecular formula is C21H20Cl2FN5O. The van der Waals surface area contributed by atoms with Gasteiger partial charge in [0.05, 0.1) is 16.6 Å². The summed E-state index contributed by atoms with van der Waals surface area (Å²) in [7, 11) is 0. The summed E-state index contributed by atoms with van der Waals surface area (Å²) in [5, 5.41) is 8.12. The van der Waals surface area contributed by atoms with Crippen molar-refractivity contribution in [2.75, 3.05) is 10.2 Å². The van der Waals surface area contributed by atoms with E-state index in [4.69, 9.17) is 23.2 Å². The minimum Gasteiger partial charge on any atom is -0.307 e. The molecule has 4 rings (SSSR count). The van der Waals surface area contributed by atoms with Crippen molar-refractivity contribution in [1.82, 2.24) is 14.8 Å². The highest BCUT2D eigenvalue weighted by Gasteiger charge is 2.21. The first-order chi connectivity index (χ1) is 14.5. The van der Waals surface area contributed by atoms with Crippen molar-refractivity contribution in [2.24, 2.45) is 0 Å². The fourth-order valence-corrected chi connectivity index (χ4v) is 3.68. The number of nitrogens with zero attached hydrogens (tertiary/aromatic N) is 4. The average Bonchev–Trinajstić information content (AvgIpc) is 2.98. The number of aryl methyl sites for hydroxylation is 2. The highest BCUT2D eigenvalue weighted by molar-refractivity contribution is 6.42. The van der Waals surface area contributed by atoms with E-state index in [1.54, 1.807) is 30.3 Å². The molecule has 0 radical (unpaired) electrons. The van der Waals surface area contributed by atoms with Crippen LogP contribution in [0.5, 0.6) is 0 Å². The van der Waals surface area contributed by atoms with Crippen LogP contribution in [0.25, 0.3) is 0 Å². The maximum atomic E-state index is 13.4. The van der Waals surface area contributed by atoms with Crippen LogP contribution in [-0.2, 0) is 19.5 Å². The second kappa shape index (κ2) is 9.02. The Hall–Kier alpha value is -2.64. The number of halogens is 3. The van der Waals surface area contributed by atoms with Gasteiger partial charge in [0.25, 0.3) is 0 Å². The van der Waals surface area contributed by atoms with Crippen molar-refractivity contribution in [1.29, 1.82) is 0 Å². The van der Waals surface area contributed by atoms with Crippen molar-refractivity contribution in [2.45, 2.75) is 38.8 Å². The van der Waals surface area contributed by atoms with Gasteiger partial charge in [-0.1, -0.05) is 29.6 Å². The molecule has 1 aromatic heterocycles. The molecule has 2 amide bonds. The van der Waals surface area contributed by atoms with E-state index in [1.165, 1.54) is 17.0 Å². The zero-order chi connectivity index (χ0) is 21.1. The first-order valence-corrected chi connectivity index (χ1v) is 10.5. The highest BCUT2D eigenvalue weighted by atomic mass is 35.5. The lowest BCUT2D eigenvalue weighted by molar-refractivity contribution is 0.256. The topological polar surface area (TPSA) is 63.1 Å². The molecule has 2 heterocycles. The normalized spacial score (nSPS) is 13.4. The largest absolute Gasteiger partial charge is 0.326 e. The molecule has 0 saturated carbocycles. The van der Waals surface area contributed by atoms with Crippen molar-refractivity contribution in [3.63, 3.8) is 0 Å². The van der Waals surface area contributed by atoms with E-state index >= 15 is 0 Å². The molecule has 0 saturated heterocycles. The number of carbonyl (C=O) groups excluding carboxylic acids is 1. The lowest BCUT2D eigenvalue weighted by Gasteiger charge is -2.22. The molecule has 2 aromatic carbocycles. The second-order valence-electron chi connectivity index (χ2n) is 7.10. The van der Waals surface area contributed by atoms with Gasteiger partial charge < -0.3 is 5.32 Å². The zero-order valence-corrected chi connectivity index (χ0v) is 17.6. The van der Waals surface area contributed by atoms with Crippen molar-refractivity contribution in [3.8, 4) is 0 Å². The Labute approximate surface area is 183 Å². The van der Waals surface area contributed by atoms with E-state index in [1.807, 2.05) is 4.68 Å². The predicted molar refractivity (Wildman–Crippen MR) is 116 cm³/mol. The number of anilines is 2. The van der Waals surface area contributed by atoms with Crippen LogP contribution in [0.3, 0.4) is 0 Å². The van der Waals surface area contributed by atoms with Gasteiger partial charge in [-0.3, -0.25) is 4.90 Å². The first kappa shape index (κ1) is 20.6. The minimum atomic E-state index is -0.412. The number of hydrogen-bond donors (Lipinski definition) is 1. The average molecular weight is 448 g/mol. The molecule has 0 atom stereocenters. The maximum Gasteiger partial charge on any atom is 0.326 e. The van der Waals surface area contributed by atoms with Gasteiger partial charge in [-0.15, -0.1) is 0 Å². The first-order valence-electron chi connectivity index (χ1n) is 9.71. The molecule has 1 N–H and O–H groups in total. The number of carbonyl (C=O) groups is 1.